The second kappa shape index (κ2) is 9.26. The molecule has 0 bridgehead atoms. The van der Waals surface area contributed by atoms with E-state index in [0.717, 1.165) is 0 Å². The molecule has 8 nitrogen and oxygen atoms in total. The molecule has 2 aromatic rings. The second-order valence-corrected chi connectivity index (χ2v) is 7.73. The van der Waals surface area contributed by atoms with Crippen LogP contribution in [0.2, 0.25) is 0 Å². The molecule has 0 heterocycles. The lowest BCUT2D eigenvalue weighted by Gasteiger charge is -2.10. The molecule has 0 aromatic heterocycles. The van der Waals surface area contributed by atoms with Gasteiger partial charge in [-0.05, 0) is 55.0 Å². The molecule has 0 amide bonds. The molecule has 0 radical (unpaired) electrons. The van der Waals surface area contributed by atoms with Gasteiger partial charge in [0.2, 0.25) is 10.0 Å². The van der Waals surface area contributed by atoms with Crippen molar-refractivity contribution in [3.05, 3.63) is 71.3 Å². The van der Waals surface area contributed by atoms with Crippen LogP contribution in [0.3, 0.4) is 0 Å². The molecule has 0 aliphatic rings. The van der Waals surface area contributed by atoms with Crippen LogP contribution >= 0.6 is 0 Å². The molecule has 0 spiro atoms. The number of esters is 1. The van der Waals surface area contributed by atoms with Crippen molar-refractivity contribution in [2.45, 2.75) is 17.9 Å². The number of carbonyl (C=O) groups is 3. The van der Waals surface area contributed by atoms with Gasteiger partial charge in [-0.3, -0.25) is 9.59 Å². The average molecular weight is 417 g/mol. The molecule has 2 N–H and O–H groups in total. The van der Waals surface area contributed by atoms with Gasteiger partial charge in [-0.1, -0.05) is 18.2 Å². The van der Waals surface area contributed by atoms with Crippen molar-refractivity contribution in [3.8, 4) is 0 Å². The normalized spacial score (nSPS) is 12.5. The van der Waals surface area contributed by atoms with Gasteiger partial charge in [0, 0.05) is 5.56 Å². The van der Waals surface area contributed by atoms with Crippen LogP contribution in [-0.2, 0) is 19.6 Å². The summed E-state index contributed by atoms with van der Waals surface area (Å²) in [5, 5.41) is 8.81. The minimum Gasteiger partial charge on any atom is -0.480 e. The highest BCUT2D eigenvalue weighted by molar-refractivity contribution is 7.89. The van der Waals surface area contributed by atoms with Crippen LogP contribution in [0.15, 0.2) is 59.5 Å². The van der Waals surface area contributed by atoms with Gasteiger partial charge in [0.25, 0.3) is 0 Å². The van der Waals surface area contributed by atoms with Crippen LogP contribution < -0.4 is 4.72 Å². The van der Waals surface area contributed by atoms with Gasteiger partial charge in [0.15, 0.2) is 5.78 Å². The zero-order chi connectivity index (χ0) is 21.6. The first-order valence-electron chi connectivity index (χ1n) is 8.40. The van der Waals surface area contributed by atoms with Crippen molar-refractivity contribution in [3.63, 3.8) is 0 Å². The second-order valence-electron chi connectivity index (χ2n) is 6.02. The number of allylic oxidation sites excluding steroid dienone is 1. The lowest BCUT2D eigenvalue weighted by molar-refractivity contribution is -0.138. The molecule has 152 valence electrons. The first kappa shape index (κ1) is 22.0. The molecule has 0 fully saturated rings. The summed E-state index contributed by atoms with van der Waals surface area (Å²) < 4.78 is 30.9. The Hall–Kier alpha value is -3.30. The van der Waals surface area contributed by atoms with E-state index in [4.69, 9.17) is 5.11 Å². The molecular weight excluding hydrogens is 398 g/mol. The number of hydrogen-bond acceptors (Lipinski definition) is 6. The number of carbonyl (C=O) groups excluding carboxylic acids is 2. The van der Waals surface area contributed by atoms with Crippen LogP contribution in [0.4, 0.5) is 0 Å². The quantitative estimate of drug-likeness (QED) is 0.383. The molecule has 1 atom stereocenters. The average Bonchev–Trinajstić information content (AvgIpc) is 2.71. The van der Waals surface area contributed by atoms with Crippen molar-refractivity contribution in [1.29, 1.82) is 0 Å². The number of benzene rings is 2. The number of carboxylic acids is 1. The van der Waals surface area contributed by atoms with Gasteiger partial charge in [0.05, 0.1) is 17.6 Å². The van der Waals surface area contributed by atoms with Crippen LogP contribution in [-0.4, -0.2) is 44.4 Å². The molecular formula is C20H19NO7S. The zero-order valence-corrected chi connectivity index (χ0v) is 16.5. The van der Waals surface area contributed by atoms with Crippen molar-refractivity contribution < 1.29 is 32.6 Å². The van der Waals surface area contributed by atoms with Crippen molar-refractivity contribution >= 4 is 33.8 Å². The van der Waals surface area contributed by atoms with E-state index < -0.39 is 28.0 Å². The number of ketones is 1. The van der Waals surface area contributed by atoms with E-state index in [1.54, 1.807) is 30.3 Å². The fraction of sp³-hybridized carbons (Fsp3) is 0.150. The number of carboxylic acid groups (broad SMARTS) is 1. The van der Waals surface area contributed by atoms with E-state index in [2.05, 4.69) is 4.74 Å². The number of sulfonamides is 1. The Kier molecular flexibility index (Phi) is 7.03. The molecule has 0 saturated carbocycles. The van der Waals surface area contributed by atoms with E-state index in [0.29, 0.717) is 11.1 Å². The van der Waals surface area contributed by atoms with Crippen molar-refractivity contribution in [1.82, 2.24) is 4.72 Å². The smallest absolute Gasteiger partial charge is 0.337 e. The standard InChI is InChI=1S/C20H19NO7S/c1-13(19(23)24)21-29(26,27)17-10-8-15(9-11-17)18(22)12-5-14-3-6-16(7-4-14)20(25)28-2/h3-13,21H,1-2H3,(H,23,24). The molecule has 0 aliphatic heterocycles. The molecule has 0 saturated heterocycles. The fourth-order valence-corrected chi connectivity index (χ4v) is 3.46. The number of methoxy groups -OCH3 is 1. The fourth-order valence-electron chi connectivity index (χ4n) is 2.27. The van der Waals surface area contributed by atoms with Gasteiger partial charge in [0.1, 0.15) is 6.04 Å². The maximum absolute atomic E-state index is 12.3. The van der Waals surface area contributed by atoms with E-state index in [1.165, 1.54) is 44.4 Å². The Morgan fingerprint density at radius 1 is 1.00 bits per heavy atom. The summed E-state index contributed by atoms with van der Waals surface area (Å²) in [6.45, 7) is 1.21. The van der Waals surface area contributed by atoms with Crippen LogP contribution in [0.1, 0.15) is 33.2 Å². The maximum Gasteiger partial charge on any atom is 0.337 e. The van der Waals surface area contributed by atoms with Gasteiger partial charge in [-0.2, -0.15) is 4.72 Å². The monoisotopic (exact) mass is 417 g/mol. The molecule has 29 heavy (non-hydrogen) atoms. The Morgan fingerprint density at radius 3 is 2.07 bits per heavy atom. The van der Waals surface area contributed by atoms with Crippen LogP contribution in [0, 0.1) is 0 Å². The Balaban J connectivity index is 2.09. The summed E-state index contributed by atoms with van der Waals surface area (Å²) in [6.07, 6.45) is 2.88. The highest BCUT2D eigenvalue weighted by atomic mass is 32.2. The first-order valence-corrected chi connectivity index (χ1v) is 9.88. The number of hydrogen-bond donors (Lipinski definition) is 2. The van der Waals surface area contributed by atoms with E-state index in [-0.39, 0.29) is 16.2 Å². The predicted molar refractivity (Wildman–Crippen MR) is 105 cm³/mol. The number of rotatable bonds is 8. The van der Waals surface area contributed by atoms with Crippen LogP contribution in [0.5, 0.6) is 0 Å². The largest absolute Gasteiger partial charge is 0.480 e. The summed E-state index contributed by atoms with van der Waals surface area (Å²) in [5.74, 6) is -2.11. The minimum absolute atomic E-state index is 0.149. The molecule has 1 unspecified atom stereocenters. The number of ether oxygens (including phenoxy) is 1. The van der Waals surface area contributed by atoms with Gasteiger partial charge in [-0.25, -0.2) is 13.2 Å². The van der Waals surface area contributed by atoms with Gasteiger partial charge < -0.3 is 9.84 Å². The Labute approximate surface area is 167 Å². The third-order valence-electron chi connectivity index (χ3n) is 3.91. The summed E-state index contributed by atoms with van der Waals surface area (Å²) in [6, 6.07) is 10.3. The van der Waals surface area contributed by atoms with Gasteiger partial charge >= 0.3 is 11.9 Å². The van der Waals surface area contributed by atoms with E-state index in [9.17, 15) is 22.8 Å². The molecule has 9 heteroatoms. The van der Waals surface area contributed by atoms with E-state index in [1.807, 2.05) is 4.72 Å². The SMILES string of the molecule is COC(=O)c1ccc(C=CC(=O)c2ccc(S(=O)(=O)NC(C)C(=O)O)cc2)cc1. The van der Waals surface area contributed by atoms with Crippen molar-refractivity contribution in [2.24, 2.45) is 0 Å². The Bertz CT molecular complexity index is 1040. The third kappa shape index (κ3) is 5.84. The Morgan fingerprint density at radius 2 is 1.55 bits per heavy atom. The van der Waals surface area contributed by atoms with Crippen LogP contribution in [0.25, 0.3) is 6.08 Å². The van der Waals surface area contributed by atoms with Crippen molar-refractivity contribution in [2.75, 3.05) is 7.11 Å². The molecule has 2 aromatic carbocycles. The number of aliphatic carboxylic acids is 1. The highest BCUT2D eigenvalue weighted by Gasteiger charge is 2.21. The predicted octanol–water partition coefficient (Wildman–Crippen LogP) is 2.12. The summed E-state index contributed by atoms with van der Waals surface area (Å²) >= 11 is 0. The lowest BCUT2D eigenvalue weighted by atomic mass is 10.1. The lowest BCUT2D eigenvalue weighted by Crippen LogP contribution is -2.38. The molecule has 0 aliphatic carbocycles. The maximum atomic E-state index is 12.3. The highest BCUT2D eigenvalue weighted by Crippen LogP contribution is 2.13. The summed E-state index contributed by atoms with van der Waals surface area (Å²) in [5.41, 5.74) is 1.34. The number of nitrogens with one attached hydrogen (secondary N) is 1. The van der Waals surface area contributed by atoms with Gasteiger partial charge in [-0.15, -0.1) is 0 Å². The topological polar surface area (TPSA) is 127 Å². The minimum atomic E-state index is -4.01. The zero-order valence-electron chi connectivity index (χ0n) is 15.7. The summed E-state index contributed by atoms with van der Waals surface area (Å²) in [4.78, 5) is 34.3. The third-order valence-corrected chi connectivity index (χ3v) is 5.47. The molecule has 2 rings (SSSR count). The summed E-state index contributed by atoms with van der Waals surface area (Å²) in [7, 11) is -2.73. The first-order chi connectivity index (χ1) is 13.6. The van der Waals surface area contributed by atoms with E-state index >= 15 is 0 Å².